The van der Waals surface area contributed by atoms with Crippen molar-refractivity contribution in [3.63, 3.8) is 0 Å². The highest BCUT2D eigenvalue weighted by atomic mass is 14.7. The minimum absolute atomic E-state index is 1.15. The van der Waals surface area contributed by atoms with E-state index in [0.717, 1.165) is 5.56 Å². The van der Waals surface area contributed by atoms with Crippen LogP contribution in [0.4, 0.5) is 0 Å². The first-order chi connectivity index (χ1) is 9.43. The molecule has 0 atom stereocenters. The maximum atomic E-state index is 4.21. The minimum Gasteiger partial charge on any atom is -0.361 e. The van der Waals surface area contributed by atoms with E-state index in [2.05, 4.69) is 52.4 Å². The van der Waals surface area contributed by atoms with Crippen molar-refractivity contribution in [3.05, 3.63) is 67.1 Å². The Bertz CT molecular complexity index is 860. The summed E-state index contributed by atoms with van der Waals surface area (Å²) in [5.74, 6) is 0. The maximum absolute atomic E-state index is 4.21. The molecule has 2 nitrogen and oxygen atoms in total. The van der Waals surface area contributed by atoms with Gasteiger partial charge in [0.15, 0.2) is 0 Å². The van der Waals surface area contributed by atoms with Crippen LogP contribution >= 0.6 is 0 Å². The number of aromatic amines is 1. The van der Waals surface area contributed by atoms with E-state index in [0.29, 0.717) is 0 Å². The lowest BCUT2D eigenvalue weighted by Crippen LogP contribution is -1.83. The summed E-state index contributed by atoms with van der Waals surface area (Å²) < 4.78 is 0. The predicted molar refractivity (Wildman–Crippen MR) is 79.0 cm³/mol. The zero-order chi connectivity index (χ0) is 12.7. The molecule has 0 saturated heterocycles. The Morgan fingerprint density at radius 1 is 0.842 bits per heavy atom. The molecular formula is C17H12N2. The summed E-state index contributed by atoms with van der Waals surface area (Å²) in [6.45, 7) is 0. The van der Waals surface area contributed by atoms with Gasteiger partial charge >= 0.3 is 0 Å². The van der Waals surface area contributed by atoms with E-state index in [4.69, 9.17) is 0 Å². The highest BCUT2D eigenvalue weighted by Gasteiger charge is 2.06. The van der Waals surface area contributed by atoms with Gasteiger partial charge in [-0.15, -0.1) is 0 Å². The van der Waals surface area contributed by atoms with E-state index >= 15 is 0 Å². The lowest BCUT2D eigenvalue weighted by molar-refractivity contribution is 1.33. The molecule has 19 heavy (non-hydrogen) atoms. The second-order valence-electron chi connectivity index (χ2n) is 4.65. The minimum atomic E-state index is 1.15. The molecule has 4 rings (SSSR count). The standard InChI is InChI=1S/C17H12N2/c1-4-14(13-3-2-9-18-11-13)15-7-6-12-8-10-19-17(12)16(15)5-1/h1-11,19H. The SMILES string of the molecule is c1cncc(-c2cccc3c2ccc2cc[nH]c23)c1. The Morgan fingerprint density at radius 2 is 1.84 bits per heavy atom. The first kappa shape index (κ1) is 10.3. The molecule has 2 heterocycles. The quantitative estimate of drug-likeness (QED) is 0.528. The summed E-state index contributed by atoms with van der Waals surface area (Å²) >= 11 is 0. The fourth-order valence-electron chi connectivity index (χ4n) is 2.66. The molecule has 0 aliphatic carbocycles. The van der Waals surface area contributed by atoms with Crippen LogP contribution < -0.4 is 0 Å². The molecule has 0 aliphatic rings. The fraction of sp³-hybridized carbons (Fsp3) is 0. The number of nitrogens with zero attached hydrogens (tertiary/aromatic N) is 1. The van der Waals surface area contributed by atoms with Crippen LogP contribution in [0.15, 0.2) is 67.1 Å². The van der Waals surface area contributed by atoms with Crippen LogP contribution in [-0.2, 0) is 0 Å². The lowest BCUT2D eigenvalue weighted by Gasteiger charge is -2.07. The van der Waals surface area contributed by atoms with Crippen molar-refractivity contribution in [1.82, 2.24) is 9.97 Å². The van der Waals surface area contributed by atoms with E-state index in [1.54, 1.807) is 6.20 Å². The second kappa shape index (κ2) is 3.95. The summed E-state index contributed by atoms with van der Waals surface area (Å²) in [4.78, 5) is 7.54. The van der Waals surface area contributed by atoms with E-state index < -0.39 is 0 Å². The molecule has 1 N–H and O–H groups in total. The van der Waals surface area contributed by atoms with Gasteiger partial charge in [0.2, 0.25) is 0 Å². The van der Waals surface area contributed by atoms with Crippen LogP contribution in [0.1, 0.15) is 0 Å². The molecule has 0 spiro atoms. The Labute approximate surface area is 110 Å². The smallest absolute Gasteiger partial charge is 0.0533 e. The molecule has 2 aromatic heterocycles. The Morgan fingerprint density at radius 3 is 2.74 bits per heavy atom. The van der Waals surface area contributed by atoms with Gasteiger partial charge in [-0.05, 0) is 23.1 Å². The molecule has 2 aromatic carbocycles. The molecule has 0 unspecified atom stereocenters. The third kappa shape index (κ3) is 1.54. The van der Waals surface area contributed by atoms with Crippen molar-refractivity contribution < 1.29 is 0 Å². The highest BCUT2D eigenvalue weighted by molar-refractivity contribution is 6.10. The van der Waals surface area contributed by atoms with Gasteiger partial charge in [0.25, 0.3) is 0 Å². The van der Waals surface area contributed by atoms with Crippen molar-refractivity contribution in [2.45, 2.75) is 0 Å². The lowest BCUT2D eigenvalue weighted by atomic mass is 9.98. The highest BCUT2D eigenvalue weighted by Crippen LogP contribution is 2.32. The summed E-state index contributed by atoms with van der Waals surface area (Å²) in [5.41, 5.74) is 3.57. The number of aromatic nitrogens is 2. The van der Waals surface area contributed by atoms with Crippen LogP contribution in [0, 0.1) is 0 Å². The second-order valence-corrected chi connectivity index (χ2v) is 4.65. The van der Waals surface area contributed by atoms with Gasteiger partial charge in [0, 0.05) is 34.9 Å². The first-order valence-electron chi connectivity index (χ1n) is 6.33. The molecule has 0 radical (unpaired) electrons. The summed E-state index contributed by atoms with van der Waals surface area (Å²) in [6, 6.07) is 16.9. The Balaban J connectivity index is 2.12. The number of benzene rings is 2. The van der Waals surface area contributed by atoms with Crippen LogP contribution in [0.5, 0.6) is 0 Å². The third-order valence-corrected chi connectivity index (χ3v) is 3.56. The molecule has 0 bridgehead atoms. The van der Waals surface area contributed by atoms with Crippen LogP contribution in [0.25, 0.3) is 32.8 Å². The number of pyridine rings is 1. The molecule has 0 fully saturated rings. The molecule has 0 amide bonds. The van der Waals surface area contributed by atoms with Crippen LogP contribution in [0.2, 0.25) is 0 Å². The average Bonchev–Trinajstić information content (AvgIpc) is 2.96. The van der Waals surface area contributed by atoms with E-state index in [1.807, 2.05) is 18.5 Å². The summed E-state index contributed by atoms with van der Waals surface area (Å²) in [5, 5.41) is 3.75. The van der Waals surface area contributed by atoms with E-state index in [9.17, 15) is 0 Å². The number of H-pyrrole nitrogens is 1. The topological polar surface area (TPSA) is 28.7 Å². The molecule has 4 aromatic rings. The molecular weight excluding hydrogens is 232 g/mol. The third-order valence-electron chi connectivity index (χ3n) is 3.56. The van der Waals surface area contributed by atoms with Crippen molar-refractivity contribution >= 4 is 21.7 Å². The maximum Gasteiger partial charge on any atom is 0.0533 e. The predicted octanol–water partition coefficient (Wildman–Crippen LogP) is 4.38. The zero-order valence-corrected chi connectivity index (χ0v) is 10.3. The Hall–Kier alpha value is -2.61. The molecule has 90 valence electrons. The average molecular weight is 244 g/mol. The summed E-state index contributed by atoms with van der Waals surface area (Å²) in [7, 11) is 0. The van der Waals surface area contributed by atoms with Gasteiger partial charge < -0.3 is 4.98 Å². The van der Waals surface area contributed by atoms with Crippen LogP contribution in [-0.4, -0.2) is 9.97 Å². The van der Waals surface area contributed by atoms with Crippen molar-refractivity contribution in [2.24, 2.45) is 0 Å². The molecule has 0 saturated carbocycles. The van der Waals surface area contributed by atoms with Gasteiger partial charge in [-0.3, -0.25) is 4.98 Å². The van der Waals surface area contributed by atoms with Gasteiger partial charge in [-0.1, -0.05) is 36.4 Å². The molecule has 2 heteroatoms. The number of rotatable bonds is 1. The van der Waals surface area contributed by atoms with Gasteiger partial charge in [0.05, 0.1) is 5.52 Å². The number of hydrogen-bond donors (Lipinski definition) is 1. The van der Waals surface area contributed by atoms with Crippen LogP contribution in [0.3, 0.4) is 0 Å². The van der Waals surface area contributed by atoms with Crippen molar-refractivity contribution in [2.75, 3.05) is 0 Å². The van der Waals surface area contributed by atoms with Crippen molar-refractivity contribution in [3.8, 4) is 11.1 Å². The number of fused-ring (bicyclic) bond motifs is 3. The monoisotopic (exact) mass is 244 g/mol. The largest absolute Gasteiger partial charge is 0.361 e. The number of hydrogen-bond acceptors (Lipinski definition) is 1. The van der Waals surface area contributed by atoms with Gasteiger partial charge in [-0.2, -0.15) is 0 Å². The van der Waals surface area contributed by atoms with Gasteiger partial charge in [-0.25, -0.2) is 0 Å². The van der Waals surface area contributed by atoms with Crippen molar-refractivity contribution in [1.29, 1.82) is 0 Å². The normalized spacial score (nSPS) is 11.2. The van der Waals surface area contributed by atoms with Gasteiger partial charge in [0.1, 0.15) is 0 Å². The summed E-state index contributed by atoms with van der Waals surface area (Å²) in [6.07, 6.45) is 5.70. The first-order valence-corrected chi connectivity index (χ1v) is 6.33. The number of nitrogens with one attached hydrogen (secondary N) is 1. The van der Waals surface area contributed by atoms with E-state index in [1.165, 1.54) is 27.2 Å². The molecule has 0 aliphatic heterocycles. The Kier molecular flexibility index (Phi) is 2.15. The van der Waals surface area contributed by atoms with E-state index in [-0.39, 0.29) is 0 Å². The fourth-order valence-corrected chi connectivity index (χ4v) is 2.66. The zero-order valence-electron chi connectivity index (χ0n) is 10.3.